The van der Waals surface area contributed by atoms with Crippen molar-refractivity contribution in [1.29, 1.82) is 5.26 Å². The minimum absolute atomic E-state index is 0.0250. The van der Waals surface area contributed by atoms with Gasteiger partial charge in [0.1, 0.15) is 32.5 Å². The predicted octanol–water partition coefficient (Wildman–Crippen LogP) is 1.51. The lowest BCUT2D eigenvalue weighted by Crippen LogP contribution is -2.36. The fourth-order valence-corrected chi connectivity index (χ4v) is 5.02. The van der Waals surface area contributed by atoms with Gasteiger partial charge in [0.15, 0.2) is 0 Å². The molecule has 1 fully saturated rings. The Kier molecular flexibility index (Phi) is 6.59. The standard InChI is InChI=1S/C24H27N5O4S/c1-4-29-21(30)19(13-26-14-7-5-8-15(11-14)27-23(31)24(2,3)32)34-22(29)16(12-25)20-28-17-9-6-10-18(17)33-20/h5,7-8,11,13,17-18,26,32H,4,6,9-10H2,1-3H3,(H,27,31)/t17-,18+/m0/s1. The molecule has 1 aliphatic heterocycles. The van der Waals surface area contributed by atoms with Crippen molar-refractivity contribution in [3.63, 3.8) is 0 Å². The number of nitrogens with zero attached hydrogens (tertiary/aromatic N) is 3. The van der Waals surface area contributed by atoms with Crippen LogP contribution in [0.1, 0.15) is 40.0 Å². The molecule has 2 atom stereocenters. The van der Waals surface area contributed by atoms with Crippen molar-refractivity contribution in [3.8, 4) is 6.07 Å². The van der Waals surface area contributed by atoms with E-state index >= 15 is 0 Å². The van der Waals surface area contributed by atoms with Gasteiger partial charge in [-0.05, 0) is 58.2 Å². The summed E-state index contributed by atoms with van der Waals surface area (Å²) >= 11 is 1.21. The average Bonchev–Trinajstić information content (AvgIpc) is 3.47. The third-order valence-corrected chi connectivity index (χ3v) is 6.90. The monoisotopic (exact) mass is 481 g/mol. The summed E-state index contributed by atoms with van der Waals surface area (Å²) in [4.78, 5) is 29.6. The van der Waals surface area contributed by atoms with E-state index in [1.54, 1.807) is 35.0 Å². The Bertz CT molecular complexity index is 1360. The van der Waals surface area contributed by atoms with Crippen molar-refractivity contribution in [2.75, 3.05) is 10.6 Å². The van der Waals surface area contributed by atoms with Crippen LogP contribution >= 0.6 is 11.3 Å². The number of fused-ring (bicyclic) bond motifs is 1. The first-order chi connectivity index (χ1) is 16.2. The Labute approximate surface area is 200 Å². The molecule has 2 aromatic rings. The number of aliphatic hydroxyl groups is 1. The normalized spacial score (nSPS) is 20.8. The molecule has 4 rings (SSSR count). The summed E-state index contributed by atoms with van der Waals surface area (Å²) in [6.07, 6.45) is 4.56. The molecule has 10 heteroatoms. The summed E-state index contributed by atoms with van der Waals surface area (Å²) in [7, 11) is 0. The highest BCUT2D eigenvalue weighted by Gasteiger charge is 2.36. The molecular formula is C24H27N5O4S. The maximum absolute atomic E-state index is 13.0. The number of hydrogen-bond acceptors (Lipinski definition) is 8. The zero-order valence-corrected chi connectivity index (χ0v) is 20.1. The molecule has 0 unspecified atom stereocenters. The molecule has 0 spiro atoms. The second-order valence-corrected chi connectivity index (χ2v) is 9.81. The number of anilines is 2. The van der Waals surface area contributed by atoms with E-state index in [0.29, 0.717) is 33.0 Å². The molecule has 0 radical (unpaired) electrons. The maximum atomic E-state index is 13.0. The Morgan fingerprint density at radius 1 is 1.41 bits per heavy atom. The van der Waals surface area contributed by atoms with E-state index in [9.17, 15) is 20.0 Å². The molecular weight excluding hydrogens is 454 g/mol. The Morgan fingerprint density at radius 3 is 2.85 bits per heavy atom. The number of amides is 1. The number of ether oxygens (including phenoxy) is 1. The van der Waals surface area contributed by atoms with Gasteiger partial charge in [-0.2, -0.15) is 5.26 Å². The average molecular weight is 482 g/mol. The number of aromatic nitrogens is 1. The van der Waals surface area contributed by atoms with Crippen LogP contribution < -0.4 is 25.4 Å². The molecule has 9 nitrogen and oxygen atoms in total. The number of thiazole rings is 1. The highest BCUT2D eigenvalue weighted by atomic mass is 32.1. The number of aliphatic imine (C=N–C) groups is 1. The van der Waals surface area contributed by atoms with Crippen molar-refractivity contribution in [1.82, 2.24) is 4.57 Å². The number of carbonyl (C=O) groups excluding carboxylic acids is 1. The molecule has 178 valence electrons. The van der Waals surface area contributed by atoms with Gasteiger partial charge >= 0.3 is 0 Å². The smallest absolute Gasteiger partial charge is 0.270 e. The number of nitrogens with one attached hydrogen (secondary N) is 2. The lowest BCUT2D eigenvalue weighted by Gasteiger charge is -2.16. The van der Waals surface area contributed by atoms with Crippen LogP contribution in [0.5, 0.6) is 0 Å². The number of benzene rings is 1. The van der Waals surface area contributed by atoms with Crippen molar-refractivity contribution in [3.05, 3.63) is 43.8 Å². The highest BCUT2D eigenvalue weighted by Crippen LogP contribution is 2.31. The van der Waals surface area contributed by atoms with Crippen molar-refractivity contribution in [2.24, 2.45) is 4.99 Å². The van der Waals surface area contributed by atoms with Gasteiger partial charge in [0.2, 0.25) is 5.90 Å². The minimum Gasteiger partial charge on any atom is -0.471 e. The summed E-state index contributed by atoms with van der Waals surface area (Å²) < 4.78 is 8.44. The summed E-state index contributed by atoms with van der Waals surface area (Å²) in [5.74, 6) is -0.196. The van der Waals surface area contributed by atoms with Gasteiger partial charge in [0.05, 0.1) is 6.04 Å². The molecule has 2 heterocycles. The first kappa shape index (κ1) is 23.7. The van der Waals surface area contributed by atoms with Crippen LogP contribution in [-0.2, 0) is 16.1 Å². The summed E-state index contributed by atoms with van der Waals surface area (Å²) in [6.45, 7) is 5.08. The molecule has 1 aromatic heterocycles. The Balaban J connectivity index is 1.66. The zero-order valence-electron chi connectivity index (χ0n) is 19.3. The van der Waals surface area contributed by atoms with Gasteiger partial charge in [-0.1, -0.05) is 6.07 Å². The van der Waals surface area contributed by atoms with Crippen LogP contribution in [0.2, 0.25) is 0 Å². The number of nitriles is 1. The number of carbonyl (C=O) groups is 1. The fourth-order valence-electron chi connectivity index (χ4n) is 3.94. The largest absolute Gasteiger partial charge is 0.471 e. The lowest BCUT2D eigenvalue weighted by atomic mass is 10.1. The molecule has 0 bridgehead atoms. The fraction of sp³-hybridized carbons (Fsp3) is 0.417. The number of hydrogen-bond donors (Lipinski definition) is 3. The summed E-state index contributed by atoms with van der Waals surface area (Å²) in [5.41, 5.74) is -0.283. The van der Waals surface area contributed by atoms with Gasteiger partial charge in [0.25, 0.3) is 11.5 Å². The van der Waals surface area contributed by atoms with Crippen molar-refractivity contribution < 1.29 is 14.6 Å². The van der Waals surface area contributed by atoms with Gasteiger partial charge in [0, 0.05) is 24.1 Å². The van der Waals surface area contributed by atoms with Crippen molar-refractivity contribution >= 4 is 46.3 Å². The molecule has 1 aliphatic carbocycles. The van der Waals surface area contributed by atoms with E-state index in [4.69, 9.17) is 4.74 Å². The molecule has 1 saturated carbocycles. The van der Waals surface area contributed by atoms with E-state index in [-0.39, 0.29) is 23.3 Å². The Hall–Kier alpha value is -3.42. The third kappa shape index (κ3) is 4.76. The molecule has 2 aliphatic rings. The van der Waals surface area contributed by atoms with Crippen LogP contribution in [0, 0.1) is 11.3 Å². The van der Waals surface area contributed by atoms with Gasteiger partial charge < -0.3 is 20.5 Å². The van der Waals surface area contributed by atoms with E-state index in [0.717, 1.165) is 19.3 Å². The highest BCUT2D eigenvalue weighted by molar-refractivity contribution is 7.07. The van der Waals surface area contributed by atoms with Crippen LogP contribution in [0.4, 0.5) is 11.4 Å². The quantitative estimate of drug-likeness (QED) is 0.574. The minimum atomic E-state index is -1.50. The predicted molar refractivity (Wildman–Crippen MR) is 132 cm³/mol. The zero-order chi connectivity index (χ0) is 24.5. The van der Waals surface area contributed by atoms with Crippen LogP contribution in [0.3, 0.4) is 0 Å². The number of rotatable bonds is 6. The first-order valence-electron chi connectivity index (χ1n) is 11.2. The molecule has 1 aromatic carbocycles. The van der Waals surface area contributed by atoms with Crippen LogP contribution in [0.25, 0.3) is 11.8 Å². The first-order valence-corrected chi connectivity index (χ1v) is 12.0. The maximum Gasteiger partial charge on any atom is 0.270 e. The van der Waals surface area contributed by atoms with E-state index in [2.05, 4.69) is 21.7 Å². The molecule has 1 amide bonds. The second kappa shape index (κ2) is 9.44. The van der Waals surface area contributed by atoms with Crippen LogP contribution in [0.15, 0.2) is 34.1 Å². The summed E-state index contributed by atoms with van der Waals surface area (Å²) in [6, 6.07) is 9.22. The molecule has 3 N–H and O–H groups in total. The lowest BCUT2D eigenvalue weighted by molar-refractivity contribution is -0.130. The van der Waals surface area contributed by atoms with E-state index in [1.807, 2.05) is 6.92 Å². The second-order valence-electron chi connectivity index (χ2n) is 8.78. The van der Waals surface area contributed by atoms with Gasteiger partial charge in [-0.15, -0.1) is 11.3 Å². The van der Waals surface area contributed by atoms with E-state index in [1.165, 1.54) is 25.2 Å². The van der Waals surface area contributed by atoms with Gasteiger partial charge in [-0.3, -0.25) is 14.2 Å². The molecule has 34 heavy (non-hydrogen) atoms. The Morgan fingerprint density at radius 2 is 2.18 bits per heavy atom. The van der Waals surface area contributed by atoms with Crippen molar-refractivity contribution in [2.45, 2.75) is 64.3 Å². The topological polar surface area (TPSA) is 129 Å². The third-order valence-electron chi connectivity index (χ3n) is 5.77. The van der Waals surface area contributed by atoms with E-state index < -0.39 is 11.5 Å². The molecule has 0 saturated heterocycles. The summed E-state index contributed by atoms with van der Waals surface area (Å²) in [5, 5.41) is 25.4. The van der Waals surface area contributed by atoms with Crippen LogP contribution in [-0.4, -0.2) is 39.2 Å². The van der Waals surface area contributed by atoms with Gasteiger partial charge in [-0.25, -0.2) is 4.99 Å². The SMILES string of the molecule is CCn1c(=C(C#N)C2=N[C@H]3CCC[C@H]3O2)sc(=CNc2cccc(NC(=O)C(C)(C)O)c2)c1=O.